The van der Waals surface area contributed by atoms with Crippen LogP contribution in [-0.2, 0) is 9.59 Å². The number of ketones is 1. The molecule has 0 rings (SSSR count). The molecule has 0 aliphatic heterocycles. The van der Waals surface area contributed by atoms with Crippen LogP contribution in [0.4, 0.5) is 0 Å². The van der Waals surface area contributed by atoms with Crippen molar-refractivity contribution in [2.75, 3.05) is 0 Å². The Bertz CT molecular complexity index is 208. The summed E-state index contributed by atoms with van der Waals surface area (Å²) in [5.41, 5.74) is -1.48. The van der Waals surface area contributed by atoms with E-state index in [1.165, 1.54) is 13.8 Å². The largest absolute Gasteiger partial charge is 0.371 e. The molecule has 1 amide bonds. The fraction of sp³-hybridized carbons (Fsp3) is 0.500. The van der Waals surface area contributed by atoms with Gasteiger partial charge in [-0.15, -0.1) is 0 Å². The van der Waals surface area contributed by atoms with Crippen molar-refractivity contribution in [1.29, 1.82) is 0 Å². The molecule has 0 saturated carbocycles. The minimum absolute atomic E-state index is 0.105. The Kier molecular flexibility index (Phi) is 3.63. The Morgan fingerprint density at radius 3 is 2.50 bits per heavy atom. The van der Waals surface area contributed by atoms with Gasteiger partial charge in [-0.25, -0.2) is 0 Å². The summed E-state index contributed by atoms with van der Waals surface area (Å²) in [5.74, 6) is -0.689. The van der Waals surface area contributed by atoms with Crippen LogP contribution in [0.15, 0.2) is 12.7 Å². The topological polar surface area (TPSA) is 66.4 Å². The van der Waals surface area contributed by atoms with Gasteiger partial charge in [0, 0.05) is 0 Å². The van der Waals surface area contributed by atoms with Crippen LogP contribution >= 0.6 is 0 Å². The van der Waals surface area contributed by atoms with E-state index in [1.54, 1.807) is 0 Å². The lowest BCUT2D eigenvalue weighted by atomic mass is 10.1. The number of Topliss-reactive ketones (excluding diaryl/α,β-unsaturated/α-hetero) is 1. The molecule has 1 atom stereocenters. The van der Waals surface area contributed by atoms with Crippen molar-refractivity contribution in [2.24, 2.45) is 0 Å². The predicted octanol–water partition coefficient (Wildman–Crippen LogP) is -0.0238. The van der Waals surface area contributed by atoms with Gasteiger partial charge in [0.2, 0.25) is 5.91 Å². The van der Waals surface area contributed by atoms with E-state index >= 15 is 0 Å². The van der Waals surface area contributed by atoms with Gasteiger partial charge in [-0.2, -0.15) is 0 Å². The summed E-state index contributed by atoms with van der Waals surface area (Å²) in [6, 6.07) is 0. The van der Waals surface area contributed by atoms with Crippen molar-refractivity contribution in [3.8, 4) is 0 Å². The minimum atomic E-state index is -1.48. The molecular formula is C8H13NO3. The molecule has 0 aromatic carbocycles. The molecule has 0 radical (unpaired) electrons. The summed E-state index contributed by atoms with van der Waals surface area (Å²) in [7, 11) is 0. The van der Waals surface area contributed by atoms with E-state index in [2.05, 4.69) is 11.9 Å². The second-order valence-electron chi connectivity index (χ2n) is 2.85. The van der Waals surface area contributed by atoms with Gasteiger partial charge >= 0.3 is 0 Å². The van der Waals surface area contributed by atoms with Crippen LogP contribution in [0.5, 0.6) is 0 Å². The van der Waals surface area contributed by atoms with Crippen LogP contribution in [0.2, 0.25) is 0 Å². The summed E-state index contributed by atoms with van der Waals surface area (Å²) < 4.78 is 0. The lowest BCUT2D eigenvalue weighted by Crippen LogP contribution is -2.46. The maximum atomic E-state index is 10.7. The molecule has 0 spiro atoms. The highest BCUT2D eigenvalue weighted by Gasteiger charge is 2.23. The van der Waals surface area contributed by atoms with Gasteiger partial charge in [0.15, 0.2) is 0 Å². The molecule has 1 unspecified atom stereocenters. The van der Waals surface area contributed by atoms with E-state index in [4.69, 9.17) is 0 Å². The maximum absolute atomic E-state index is 10.7. The van der Waals surface area contributed by atoms with E-state index in [1.807, 2.05) is 0 Å². The summed E-state index contributed by atoms with van der Waals surface area (Å²) in [6.45, 7) is 5.91. The first-order valence-corrected chi connectivity index (χ1v) is 3.54. The van der Waals surface area contributed by atoms with Gasteiger partial charge in [-0.05, 0) is 19.9 Å². The average Bonchev–Trinajstić information content (AvgIpc) is 1.83. The molecule has 0 aromatic heterocycles. The quantitative estimate of drug-likeness (QED) is 0.461. The molecule has 0 saturated heterocycles. The van der Waals surface area contributed by atoms with E-state index in [-0.39, 0.29) is 12.2 Å². The lowest BCUT2D eigenvalue weighted by molar-refractivity contribution is -0.128. The zero-order valence-corrected chi connectivity index (χ0v) is 7.26. The Morgan fingerprint density at radius 1 is 1.67 bits per heavy atom. The van der Waals surface area contributed by atoms with Crippen LogP contribution in [0.1, 0.15) is 20.3 Å². The Hall–Kier alpha value is -1.16. The van der Waals surface area contributed by atoms with Crippen LogP contribution in [0.3, 0.4) is 0 Å². The maximum Gasteiger partial charge on any atom is 0.245 e. The zero-order valence-electron chi connectivity index (χ0n) is 7.26. The SMILES string of the molecule is C=CC(=O)NC(C)(O)CC(C)=O. The first-order chi connectivity index (χ1) is 5.37. The highest BCUT2D eigenvalue weighted by molar-refractivity contribution is 5.88. The van der Waals surface area contributed by atoms with Gasteiger partial charge < -0.3 is 10.4 Å². The number of hydrogen-bond acceptors (Lipinski definition) is 3. The third-order valence-corrected chi connectivity index (χ3v) is 1.17. The molecule has 0 bridgehead atoms. The zero-order chi connectivity index (χ0) is 9.78. The van der Waals surface area contributed by atoms with Crippen LogP contribution in [0.25, 0.3) is 0 Å². The van der Waals surface area contributed by atoms with Gasteiger partial charge in [0.05, 0.1) is 6.42 Å². The van der Waals surface area contributed by atoms with E-state index in [0.717, 1.165) is 6.08 Å². The Labute approximate surface area is 71.3 Å². The lowest BCUT2D eigenvalue weighted by Gasteiger charge is -2.22. The number of carbonyl (C=O) groups excluding carboxylic acids is 2. The van der Waals surface area contributed by atoms with Gasteiger partial charge in [-0.1, -0.05) is 6.58 Å². The van der Waals surface area contributed by atoms with Crippen molar-refractivity contribution < 1.29 is 14.7 Å². The van der Waals surface area contributed by atoms with Crippen LogP contribution < -0.4 is 5.32 Å². The normalized spacial score (nSPS) is 14.6. The van der Waals surface area contributed by atoms with Crippen LogP contribution in [-0.4, -0.2) is 22.5 Å². The molecule has 0 aliphatic rings. The van der Waals surface area contributed by atoms with E-state index < -0.39 is 11.6 Å². The summed E-state index contributed by atoms with van der Waals surface area (Å²) in [5, 5.41) is 11.6. The third-order valence-electron chi connectivity index (χ3n) is 1.17. The van der Waals surface area contributed by atoms with E-state index in [9.17, 15) is 14.7 Å². The summed E-state index contributed by atoms with van der Waals surface area (Å²) >= 11 is 0. The Balaban J connectivity index is 4.11. The number of rotatable bonds is 4. The molecule has 0 aliphatic carbocycles. The molecule has 68 valence electrons. The smallest absolute Gasteiger partial charge is 0.245 e. The molecule has 0 aromatic rings. The summed E-state index contributed by atoms with van der Waals surface area (Å²) in [6.07, 6.45) is 0.932. The number of hydrogen-bond donors (Lipinski definition) is 2. The number of nitrogens with one attached hydrogen (secondary N) is 1. The van der Waals surface area contributed by atoms with Gasteiger partial charge in [0.1, 0.15) is 11.5 Å². The highest BCUT2D eigenvalue weighted by atomic mass is 16.3. The van der Waals surface area contributed by atoms with Gasteiger partial charge in [0.25, 0.3) is 0 Å². The number of aliphatic hydroxyl groups is 1. The standard InChI is InChI=1S/C8H13NO3/c1-4-7(11)9-8(3,12)5-6(2)10/h4,12H,1,5H2,2-3H3,(H,9,11). The molecule has 4 nitrogen and oxygen atoms in total. The minimum Gasteiger partial charge on any atom is -0.371 e. The Morgan fingerprint density at radius 2 is 2.17 bits per heavy atom. The van der Waals surface area contributed by atoms with Crippen molar-refractivity contribution in [2.45, 2.75) is 26.0 Å². The van der Waals surface area contributed by atoms with Crippen molar-refractivity contribution in [1.82, 2.24) is 5.32 Å². The van der Waals surface area contributed by atoms with Crippen molar-refractivity contribution in [3.63, 3.8) is 0 Å². The number of carbonyl (C=O) groups is 2. The second-order valence-corrected chi connectivity index (χ2v) is 2.85. The second kappa shape index (κ2) is 4.01. The highest BCUT2D eigenvalue weighted by Crippen LogP contribution is 2.04. The van der Waals surface area contributed by atoms with E-state index in [0.29, 0.717) is 0 Å². The molecule has 0 fully saturated rings. The predicted molar refractivity (Wildman–Crippen MR) is 44.3 cm³/mol. The molecule has 12 heavy (non-hydrogen) atoms. The first-order valence-electron chi connectivity index (χ1n) is 3.54. The monoisotopic (exact) mass is 171 g/mol. The van der Waals surface area contributed by atoms with Crippen molar-refractivity contribution in [3.05, 3.63) is 12.7 Å². The molecule has 4 heteroatoms. The fourth-order valence-electron chi connectivity index (χ4n) is 0.845. The third kappa shape index (κ3) is 4.62. The summed E-state index contributed by atoms with van der Waals surface area (Å²) in [4.78, 5) is 21.3. The fourth-order valence-corrected chi connectivity index (χ4v) is 0.845. The van der Waals surface area contributed by atoms with Crippen LogP contribution in [0, 0.1) is 0 Å². The van der Waals surface area contributed by atoms with Crippen molar-refractivity contribution >= 4 is 11.7 Å². The first kappa shape index (κ1) is 10.8. The molecule has 2 N–H and O–H groups in total. The average molecular weight is 171 g/mol. The van der Waals surface area contributed by atoms with Gasteiger partial charge in [-0.3, -0.25) is 9.59 Å². The number of amides is 1. The molecular weight excluding hydrogens is 158 g/mol. The molecule has 0 heterocycles.